The van der Waals surface area contributed by atoms with Gasteiger partial charge in [-0.3, -0.25) is 0 Å². The van der Waals surface area contributed by atoms with Crippen molar-refractivity contribution in [2.45, 2.75) is 85.9 Å². The van der Waals surface area contributed by atoms with Crippen LogP contribution in [0.5, 0.6) is 0 Å². The van der Waals surface area contributed by atoms with Gasteiger partial charge in [-0.05, 0) is 117 Å². The summed E-state index contributed by atoms with van der Waals surface area (Å²) in [5.74, 6) is 0. The fourth-order valence-corrected chi connectivity index (χ4v) is 7.88. The van der Waals surface area contributed by atoms with Crippen LogP contribution < -0.4 is 0 Å². The summed E-state index contributed by atoms with van der Waals surface area (Å²) >= 11 is 0. The normalized spacial score (nSPS) is 16.3. The van der Waals surface area contributed by atoms with E-state index in [0.29, 0.717) is 22.2 Å². The summed E-state index contributed by atoms with van der Waals surface area (Å²) < 4.78 is 44.8. The van der Waals surface area contributed by atoms with Crippen LogP contribution in [0.3, 0.4) is 0 Å². The van der Waals surface area contributed by atoms with E-state index in [9.17, 15) is 0 Å². The van der Waals surface area contributed by atoms with E-state index >= 15 is 0 Å². The van der Waals surface area contributed by atoms with Crippen LogP contribution in [-0.4, -0.2) is 15.0 Å². The maximum Gasteiger partial charge on any atom is 0.121 e. The number of nitrogens with zero attached hydrogens (tertiary/aromatic N) is 3. The first-order chi connectivity index (χ1) is 29.8. The summed E-state index contributed by atoms with van der Waals surface area (Å²) in [6, 6.07) is 44.3. The maximum absolute atomic E-state index is 8.23. The Morgan fingerprint density at radius 3 is 2.14 bits per heavy atom. The van der Waals surface area contributed by atoms with Crippen molar-refractivity contribution in [2.24, 2.45) is 10.8 Å². The molecule has 1 fully saturated rings. The predicted octanol–water partition coefficient (Wildman–Crippen LogP) is 14.5. The number of hydrogen-bond donors (Lipinski definition) is 0. The van der Waals surface area contributed by atoms with Crippen molar-refractivity contribution < 1.29 is 31.4 Å². The largest absolute Gasteiger partial charge is 0.501 e. The topological polar surface area (TPSA) is 51.8 Å². The molecule has 59 heavy (non-hydrogen) atoms. The first-order valence-electron chi connectivity index (χ1n) is 22.7. The molecule has 4 aromatic heterocycles. The Labute approximate surface area is 371 Å². The van der Waals surface area contributed by atoms with Gasteiger partial charge in [0.05, 0.1) is 5.58 Å². The fraction of sp³-hybridized carbons (Fsp3) is 0.278. The molecular weight excluding hydrogens is 899 g/mol. The smallest absolute Gasteiger partial charge is 0.121 e. The molecule has 1 aliphatic rings. The third-order valence-corrected chi connectivity index (χ3v) is 11.4. The van der Waals surface area contributed by atoms with E-state index in [-0.39, 0.29) is 31.2 Å². The van der Waals surface area contributed by atoms with Gasteiger partial charge in [0.15, 0.2) is 0 Å². The second-order valence-electron chi connectivity index (χ2n) is 17.7. The van der Waals surface area contributed by atoms with Crippen molar-refractivity contribution in [3.8, 4) is 44.8 Å². The van der Waals surface area contributed by atoms with Crippen LogP contribution in [0.15, 0.2) is 138 Å². The van der Waals surface area contributed by atoms with Crippen molar-refractivity contribution in [3.63, 3.8) is 0 Å². The molecule has 0 aliphatic heterocycles. The third-order valence-electron chi connectivity index (χ3n) is 11.4. The molecule has 0 bridgehead atoms. The summed E-state index contributed by atoms with van der Waals surface area (Å²) in [7, 11) is 0. The Balaban J connectivity index is 0.000000219. The molecule has 1 radical (unpaired) electrons. The van der Waals surface area contributed by atoms with Crippen LogP contribution in [0.2, 0.25) is 0 Å². The zero-order valence-corrected chi connectivity index (χ0v) is 37.0. The summed E-state index contributed by atoms with van der Waals surface area (Å²) in [6.07, 6.45) is 9.66. The number of furan rings is 1. The number of rotatable bonds is 6. The van der Waals surface area contributed by atoms with Crippen LogP contribution >= 0.6 is 0 Å². The Hall–Kier alpha value is -5.22. The quantitative estimate of drug-likeness (QED) is 0.156. The number of fused-ring (bicyclic) bond motifs is 3. The monoisotopic (exact) mass is 957 g/mol. The zero-order chi connectivity index (χ0) is 44.8. The van der Waals surface area contributed by atoms with Gasteiger partial charge in [-0.1, -0.05) is 144 Å². The summed E-state index contributed by atoms with van der Waals surface area (Å²) in [5, 5.41) is 2.19. The second-order valence-corrected chi connectivity index (χ2v) is 17.7. The molecule has 4 heterocycles. The van der Waals surface area contributed by atoms with Gasteiger partial charge in [-0.15, -0.1) is 35.9 Å². The molecule has 0 saturated heterocycles. The number of aromatic nitrogens is 3. The van der Waals surface area contributed by atoms with E-state index in [1.54, 1.807) is 18.2 Å². The van der Waals surface area contributed by atoms with Gasteiger partial charge in [0, 0.05) is 44.7 Å². The Morgan fingerprint density at radius 2 is 1.46 bits per heavy atom. The first-order valence-corrected chi connectivity index (χ1v) is 20.2. The first kappa shape index (κ1) is 35.7. The number of hydrogen-bond acceptors (Lipinski definition) is 4. The van der Waals surface area contributed by atoms with Crippen molar-refractivity contribution in [1.29, 1.82) is 0 Å². The molecule has 4 aromatic carbocycles. The fourth-order valence-electron chi connectivity index (χ4n) is 7.88. The van der Waals surface area contributed by atoms with Gasteiger partial charge < -0.3 is 19.4 Å². The average molecular weight is 957 g/mol. The maximum atomic E-state index is 8.23. The Bertz CT molecular complexity index is 2850. The van der Waals surface area contributed by atoms with E-state index in [1.807, 2.05) is 39.1 Å². The molecule has 0 unspecified atom stereocenters. The van der Waals surface area contributed by atoms with Crippen LogP contribution in [0, 0.1) is 29.9 Å². The molecule has 4 nitrogen and oxygen atoms in total. The summed E-state index contributed by atoms with van der Waals surface area (Å²) in [4.78, 5) is 12.8. The van der Waals surface area contributed by atoms with Crippen LogP contribution in [-0.2, 0) is 31.9 Å². The Kier molecular flexibility index (Phi) is 10.4. The number of benzene rings is 4. The van der Waals surface area contributed by atoms with Gasteiger partial charge in [-0.2, -0.15) is 0 Å². The van der Waals surface area contributed by atoms with Gasteiger partial charge in [0.1, 0.15) is 5.58 Å². The van der Waals surface area contributed by atoms with Gasteiger partial charge in [0.25, 0.3) is 0 Å². The van der Waals surface area contributed by atoms with Gasteiger partial charge in [0.2, 0.25) is 0 Å². The Morgan fingerprint density at radius 1 is 0.729 bits per heavy atom. The van der Waals surface area contributed by atoms with Crippen LogP contribution in [0.1, 0.15) is 90.9 Å². The van der Waals surface area contributed by atoms with Crippen molar-refractivity contribution in [1.82, 2.24) is 15.0 Å². The third kappa shape index (κ3) is 9.65. The van der Waals surface area contributed by atoms with E-state index in [0.717, 1.165) is 44.3 Å². The van der Waals surface area contributed by atoms with Crippen LogP contribution in [0.4, 0.5) is 0 Å². The molecule has 301 valence electrons. The van der Waals surface area contributed by atoms with E-state index in [1.165, 1.54) is 54.6 Å². The van der Waals surface area contributed by atoms with Crippen LogP contribution in [0.25, 0.3) is 66.7 Å². The molecular formula is C54H53IrN3O-2. The van der Waals surface area contributed by atoms with Gasteiger partial charge >= 0.3 is 0 Å². The zero-order valence-electron chi connectivity index (χ0n) is 39.6. The number of pyridine rings is 3. The molecule has 0 atom stereocenters. The van der Waals surface area contributed by atoms with E-state index < -0.39 is 18.6 Å². The molecule has 0 N–H and O–H groups in total. The molecule has 9 rings (SSSR count). The van der Waals surface area contributed by atoms with Gasteiger partial charge in [-0.25, -0.2) is 0 Å². The minimum Gasteiger partial charge on any atom is -0.501 e. The molecule has 1 aliphatic carbocycles. The van der Waals surface area contributed by atoms with Crippen molar-refractivity contribution in [2.75, 3.05) is 0 Å². The molecule has 0 spiro atoms. The summed E-state index contributed by atoms with van der Waals surface area (Å²) in [5.41, 5.74) is 11.4. The van der Waals surface area contributed by atoms with Crippen molar-refractivity contribution >= 4 is 21.9 Å². The molecule has 1 saturated carbocycles. The van der Waals surface area contributed by atoms with E-state index in [2.05, 4.69) is 128 Å². The van der Waals surface area contributed by atoms with E-state index in [4.69, 9.17) is 16.3 Å². The molecule has 8 aromatic rings. The molecule has 0 amide bonds. The van der Waals surface area contributed by atoms with Crippen molar-refractivity contribution in [3.05, 3.63) is 163 Å². The second kappa shape index (κ2) is 17.2. The summed E-state index contributed by atoms with van der Waals surface area (Å²) in [6.45, 7) is 10.5. The number of aryl methyl sites for hydroxylation is 1. The SMILES string of the molecule is CC1(C)CCC(C)(c2ccc(-c3ccnc(-c4[c-]ccc5c4oc4cc(-c6ccccc6)ccc45)c3)cc2)CC1.[2H]C([2H])([2H])c1ccc(-c2ccc(C([2H])([2H])C(C)(C)C)cn2)[c-]n1.[Ir]. The standard InChI is InChI=1S/C38H34NO.C16H19N2.Ir/c1-37(2)19-21-38(3,22-20-37)30-15-12-27(13-16-30)29-18-23-39-34(24-29)33-11-7-10-32-31-17-14-28(25-35(31)40-36(32)33)26-8-5-4-6-9-26;1-12-5-7-14(11-17-12)15-8-6-13(10-18-15)9-16(2,3)4;/h4-10,12-18,23-25H,19-22H2,1-3H3;5-8,10H,9H2,1-4H3;/q2*-1;/i;1D3,9D2;. The predicted molar refractivity (Wildman–Crippen MR) is 240 cm³/mol. The minimum atomic E-state index is -2.25. The minimum absolute atomic E-state index is 0. The molecule has 5 heteroatoms. The average Bonchev–Trinajstić information content (AvgIpc) is 3.66.